The van der Waals surface area contributed by atoms with E-state index in [4.69, 9.17) is 0 Å². The van der Waals surface area contributed by atoms with Crippen LogP contribution in [0.25, 0.3) is 10.9 Å². The van der Waals surface area contributed by atoms with Crippen LogP contribution in [0.3, 0.4) is 0 Å². The van der Waals surface area contributed by atoms with E-state index in [1.807, 2.05) is 30.5 Å². The number of nitrogens with one attached hydrogen (secondary N) is 2. The molecular formula is C19H17FN2O2. The molecule has 0 radical (unpaired) electrons. The summed E-state index contributed by atoms with van der Waals surface area (Å²) in [4.78, 5) is 27.0. The molecule has 24 heavy (non-hydrogen) atoms. The van der Waals surface area contributed by atoms with Crippen LogP contribution in [-0.4, -0.2) is 16.7 Å². The van der Waals surface area contributed by atoms with E-state index in [0.717, 1.165) is 16.5 Å². The number of Topliss-reactive ketones (excluding diaryl/α,β-unsaturated/α-hetero) is 1. The summed E-state index contributed by atoms with van der Waals surface area (Å²) < 4.78 is 12.8. The molecule has 4 nitrogen and oxygen atoms in total. The van der Waals surface area contributed by atoms with Crippen LogP contribution in [0.1, 0.15) is 28.8 Å². The summed E-state index contributed by atoms with van der Waals surface area (Å²) in [5.74, 6) is -0.737. The lowest BCUT2D eigenvalue weighted by Gasteiger charge is -2.07. The van der Waals surface area contributed by atoms with Crippen molar-refractivity contribution in [1.29, 1.82) is 0 Å². The van der Waals surface area contributed by atoms with Gasteiger partial charge in [-0.05, 0) is 42.0 Å². The van der Waals surface area contributed by atoms with Gasteiger partial charge in [0.15, 0.2) is 5.78 Å². The number of carbonyl (C=O) groups is 2. The highest BCUT2D eigenvalue weighted by atomic mass is 19.1. The molecule has 2 N–H and O–H groups in total. The van der Waals surface area contributed by atoms with Gasteiger partial charge in [-0.1, -0.05) is 12.1 Å². The summed E-state index contributed by atoms with van der Waals surface area (Å²) in [6.07, 6.45) is 2.07. The molecule has 0 saturated carbocycles. The lowest BCUT2D eigenvalue weighted by Crippen LogP contribution is -2.23. The second kappa shape index (κ2) is 7.08. The number of aromatic nitrogens is 1. The predicted molar refractivity (Wildman–Crippen MR) is 90.1 cm³/mol. The molecule has 122 valence electrons. The minimum Gasteiger partial charge on any atom is -0.361 e. The Morgan fingerprint density at radius 1 is 1.00 bits per heavy atom. The number of aromatic amines is 1. The van der Waals surface area contributed by atoms with Crippen LogP contribution in [0.4, 0.5) is 4.39 Å². The SMILES string of the molecule is O=C(CCC(=O)c1ccc(F)cc1)NCc1cccc2[nH]ccc12. The Bertz CT molecular complexity index is 868. The molecule has 0 atom stereocenters. The van der Waals surface area contributed by atoms with Gasteiger partial charge < -0.3 is 10.3 Å². The first-order valence-corrected chi connectivity index (χ1v) is 7.74. The van der Waals surface area contributed by atoms with Crippen molar-refractivity contribution >= 4 is 22.6 Å². The first-order valence-electron chi connectivity index (χ1n) is 7.74. The van der Waals surface area contributed by atoms with E-state index in [-0.39, 0.29) is 30.3 Å². The van der Waals surface area contributed by atoms with Gasteiger partial charge in [0.25, 0.3) is 0 Å². The molecular weight excluding hydrogens is 307 g/mol. The largest absolute Gasteiger partial charge is 0.361 e. The van der Waals surface area contributed by atoms with E-state index in [1.165, 1.54) is 24.3 Å². The number of ketones is 1. The Hall–Kier alpha value is -2.95. The molecule has 0 unspecified atom stereocenters. The number of H-pyrrole nitrogens is 1. The van der Waals surface area contributed by atoms with Crippen molar-refractivity contribution in [3.8, 4) is 0 Å². The number of rotatable bonds is 6. The van der Waals surface area contributed by atoms with E-state index in [9.17, 15) is 14.0 Å². The molecule has 0 aliphatic heterocycles. The highest BCUT2D eigenvalue weighted by Crippen LogP contribution is 2.17. The summed E-state index contributed by atoms with van der Waals surface area (Å²) in [6.45, 7) is 0.415. The molecule has 2 aromatic carbocycles. The van der Waals surface area contributed by atoms with E-state index in [0.29, 0.717) is 12.1 Å². The fraction of sp³-hybridized carbons (Fsp3) is 0.158. The van der Waals surface area contributed by atoms with Gasteiger partial charge in [0.05, 0.1) is 0 Å². The Morgan fingerprint density at radius 2 is 1.79 bits per heavy atom. The molecule has 0 spiro atoms. The minimum atomic E-state index is -0.386. The summed E-state index contributed by atoms with van der Waals surface area (Å²) in [5.41, 5.74) is 2.46. The Balaban J connectivity index is 1.52. The molecule has 1 heterocycles. The monoisotopic (exact) mass is 324 g/mol. The van der Waals surface area contributed by atoms with Crippen molar-refractivity contribution in [1.82, 2.24) is 10.3 Å². The maximum atomic E-state index is 12.8. The molecule has 1 aromatic heterocycles. The third kappa shape index (κ3) is 3.68. The number of carbonyl (C=O) groups excluding carboxylic acids is 2. The van der Waals surface area contributed by atoms with E-state index in [2.05, 4.69) is 10.3 Å². The standard InChI is InChI=1S/C19H17FN2O2/c20-15-6-4-13(5-7-15)18(23)8-9-19(24)22-12-14-2-1-3-17-16(14)10-11-21-17/h1-7,10-11,21H,8-9,12H2,(H,22,24). The van der Waals surface area contributed by atoms with Crippen molar-refractivity contribution in [2.24, 2.45) is 0 Å². The topological polar surface area (TPSA) is 62.0 Å². The fourth-order valence-corrected chi connectivity index (χ4v) is 2.59. The van der Waals surface area contributed by atoms with E-state index < -0.39 is 0 Å². The second-order valence-electron chi connectivity index (χ2n) is 5.56. The molecule has 1 amide bonds. The van der Waals surface area contributed by atoms with Gasteiger partial charge in [0, 0.05) is 42.0 Å². The number of amides is 1. The van der Waals surface area contributed by atoms with Crippen LogP contribution < -0.4 is 5.32 Å². The number of halogens is 1. The summed E-state index contributed by atoms with van der Waals surface area (Å²) in [6, 6.07) is 13.2. The number of hydrogen-bond acceptors (Lipinski definition) is 2. The van der Waals surface area contributed by atoms with E-state index in [1.54, 1.807) is 0 Å². The zero-order chi connectivity index (χ0) is 16.9. The molecule has 5 heteroatoms. The minimum absolute atomic E-state index is 0.103. The number of hydrogen-bond donors (Lipinski definition) is 2. The Kier molecular flexibility index (Phi) is 4.70. The third-order valence-corrected chi connectivity index (χ3v) is 3.91. The van der Waals surface area contributed by atoms with Crippen LogP contribution in [0, 0.1) is 5.82 Å². The van der Waals surface area contributed by atoms with E-state index >= 15 is 0 Å². The maximum Gasteiger partial charge on any atom is 0.220 e. The number of benzene rings is 2. The van der Waals surface area contributed by atoms with Gasteiger partial charge in [-0.15, -0.1) is 0 Å². The average molecular weight is 324 g/mol. The molecule has 3 aromatic rings. The van der Waals surface area contributed by atoms with Gasteiger partial charge in [-0.3, -0.25) is 9.59 Å². The zero-order valence-electron chi connectivity index (χ0n) is 13.0. The average Bonchev–Trinajstić information content (AvgIpc) is 3.07. The van der Waals surface area contributed by atoms with Crippen molar-refractivity contribution in [3.63, 3.8) is 0 Å². The summed E-state index contributed by atoms with van der Waals surface area (Å²) >= 11 is 0. The highest BCUT2D eigenvalue weighted by molar-refractivity contribution is 5.97. The first kappa shape index (κ1) is 15.9. The van der Waals surface area contributed by atoms with Crippen molar-refractivity contribution in [2.45, 2.75) is 19.4 Å². The van der Waals surface area contributed by atoms with Gasteiger partial charge in [0.1, 0.15) is 5.82 Å². The van der Waals surface area contributed by atoms with Crippen molar-refractivity contribution in [3.05, 3.63) is 71.7 Å². The van der Waals surface area contributed by atoms with Crippen LogP contribution >= 0.6 is 0 Å². The van der Waals surface area contributed by atoms with Gasteiger partial charge >= 0.3 is 0 Å². The molecule has 0 aliphatic carbocycles. The molecule has 0 bridgehead atoms. The van der Waals surface area contributed by atoms with Crippen LogP contribution in [-0.2, 0) is 11.3 Å². The Labute approximate surface area is 138 Å². The fourth-order valence-electron chi connectivity index (χ4n) is 2.59. The molecule has 0 saturated heterocycles. The lowest BCUT2D eigenvalue weighted by atomic mass is 10.1. The summed E-state index contributed by atoms with van der Waals surface area (Å²) in [5, 5.41) is 3.90. The maximum absolute atomic E-state index is 12.8. The zero-order valence-corrected chi connectivity index (χ0v) is 13.0. The van der Waals surface area contributed by atoms with Gasteiger partial charge in [0.2, 0.25) is 5.91 Å². The van der Waals surface area contributed by atoms with Crippen LogP contribution in [0.15, 0.2) is 54.7 Å². The third-order valence-electron chi connectivity index (χ3n) is 3.91. The van der Waals surface area contributed by atoms with Crippen LogP contribution in [0.5, 0.6) is 0 Å². The summed E-state index contributed by atoms with van der Waals surface area (Å²) in [7, 11) is 0. The van der Waals surface area contributed by atoms with Crippen molar-refractivity contribution < 1.29 is 14.0 Å². The smallest absolute Gasteiger partial charge is 0.220 e. The van der Waals surface area contributed by atoms with Gasteiger partial charge in [-0.2, -0.15) is 0 Å². The van der Waals surface area contributed by atoms with Gasteiger partial charge in [-0.25, -0.2) is 4.39 Å². The Morgan fingerprint density at radius 3 is 2.58 bits per heavy atom. The van der Waals surface area contributed by atoms with Crippen molar-refractivity contribution in [2.75, 3.05) is 0 Å². The first-order chi connectivity index (χ1) is 11.6. The highest BCUT2D eigenvalue weighted by Gasteiger charge is 2.10. The predicted octanol–water partition coefficient (Wildman–Crippen LogP) is 3.59. The molecule has 3 rings (SSSR count). The molecule has 0 fully saturated rings. The number of fused-ring (bicyclic) bond motifs is 1. The van der Waals surface area contributed by atoms with Crippen LogP contribution in [0.2, 0.25) is 0 Å². The normalized spacial score (nSPS) is 10.7. The second-order valence-corrected chi connectivity index (χ2v) is 5.56. The molecule has 0 aliphatic rings. The quantitative estimate of drug-likeness (QED) is 0.681. The lowest BCUT2D eigenvalue weighted by molar-refractivity contribution is -0.121.